The lowest BCUT2D eigenvalue weighted by Crippen LogP contribution is -2.01. The summed E-state index contributed by atoms with van der Waals surface area (Å²) in [5, 5.41) is 0. The first-order valence-corrected chi connectivity index (χ1v) is 5.85. The molecule has 0 saturated heterocycles. The molecule has 1 rings (SSSR count). The zero-order valence-electron chi connectivity index (χ0n) is 9.04. The average Bonchev–Trinajstić information content (AvgIpc) is 2.50. The van der Waals surface area contributed by atoms with E-state index in [9.17, 15) is 8.42 Å². The number of aryl methyl sites for hydroxylation is 2. The Kier molecular flexibility index (Phi) is 6.14. The molecule has 15 heavy (non-hydrogen) atoms. The maximum atomic E-state index is 9.56. The Morgan fingerprint density at radius 3 is 2.27 bits per heavy atom. The van der Waals surface area contributed by atoms with Crippen molar-refractivity contribution < 1.29 is 17.2 Å². The summed E-state index contributed by atoms with van der Waals surface area (Å²) in [4.78, 5) is 4.05. The van der Waals surface area contributed by atoms with Gasteiger partial charge in [0.05, 0.1) is 18.6 Å². The summed E-state index contributed by atoms with van der Waals surface area (Å²) in [5.74, 6) is 0. The predicted molar refractivity (Wildman–Crippen MR) is 55.8 cm³/mol. The van der Waals surface area contributed by atoms with E-state index in [-0.39, 0.29) is 6.61 Å². The van der Waals surface area contributed by atoms with Gasteiger partial charge in [0.1, 0.15) is 0 Å². The molecule has 0 radical (unpaired) electrons. The van der Waals surface area contributed by atoms with E-state index in [0.717, 1.165) is 12.2 Å². The van der Waals surface area contributed by atoms with Crippen LogP contribution in [0.2, 0.25) is 0 Å². The monoisotopic (exact) mass is 236 g/mol. The third kappa shape index (κ3) is 8.10. The van der Waals surface area contributed by atoms with Crippen molar-refractivity contribution in [3.63, 3.8) is 0 Å². The fourth-order valence-electron chi connectivity index (χ4n) is 0.794. The van der Waals surface area contributed by atoms with E-state index in [1.807, 2.05) is 19.4 Å². The Hall–Kier alpha value is -0.920. The molecular weight excluding hydrogens is 220 g/mol. The maximum absolute atomic E-state index is 9.56. The second-order valence-electron chi connectivity index (χ2n) is 2.68. The molecule has 0 fully saturated rings. The fraction of sp³-hybridized carbons (Fsp3) is 0.625. The molecule has 1 aromatic heterocycles. The van der Waals surface area contributed by atoms with Gasteiger partial charge in [0.25, 0.3) is 0 Å². The molecule has 6 nitrogen and oxygen atoms in total. The third-order valence-electron chi connectivity index (χ3n) is 1.39. The van der Waals surface area contributed by atoms with Crippen molar-refractivity contribution in [3.05, 3.63) is 18.2 Å². The van der Waals surface area contributed by atoms with Gasteiger partial charge in [-0.1, -0.05) is 0 Å². The van der Waals surface area contributed by atoms with Gasteiger partial charge in [-0.2, -0.15) is 8.42 Å². The molecule has 0 unspecified atom stereocenters. The molecule has 0 saturated carbocycles. The molecular formula is C8H16N2O4S. The minimum absolute atomic E-state index is 0.0289. The van der Waals surface area contributed by atoms with Gasteiger partial charge in [0, 0.05) is 12.7 Å². The predicted octanol–water partition coefficient (Wildman–Crippen LogP) is 1.04. The summed E-state index contributed by atoms with van der Waals surface area (Å²) in [7, 11) is -4.17. The molecule has 88 valence electrons. The fourth-order valence-corrected chi connectivity index (χ4v) is 1.09. The highest BCUT2D eigenvalue weighted by Crippen LogP contribution is 1.90. The molecule has 0 aliphatic heterocycles. The van der Waals surface area contributed by atoms with E-state index >= 15 is 0 Å². The SMILES string of the molecule is CCOS(=O)(=O)O.CCn1cnc(C)c1. The van der Waals surface area contributed by atoms with Crippen LogP contribution >= 0.6 is 0 Å². The summed E-state index contributed by atoms with van der Waals surface area (Å²) in [5.41, 5.74) is 1.09. The van der Waals surface area contributed by atoms with E-state index in [1.165, 1.54) is 6.92 Å². The van der Waals surface area contributed by atoms with Gasteiger partial charge in [0.2, 0.25) is 0 Å². The van der Waals surface area contributed by atoms with Gasteiger partial charge in [-0.25, -0.2) is 9.17 Å². The van der Waals surface area contributed by atoms with E-state index in [0.29, 0.717) is 0 Å². The van der Waals surface area contributed by atoms with Crippen LogP contribution in [-0.4, -0.2) is 29.1 Å². The van der Waals surface area contributed by atoms with Crippen LogP contribution in [0.15, 0.2) is 12.5 Å². The Bertz CT molecular complexity index is 372. The number of hydrogen-bond donors (Lipinski definition) is 1. The van der Waals surface area contributed by atoms with Crippen LogP contribution in [0.1, 0.15) is 19.5 Å². The molecule has 0 aromatic carbocycles. The highest BCUT2D eigenvalue weighted by Gasteiger charge is 1.98. The number of aromatic nitrogens is 2. The molecule has 0 amide bonds. The van der Waals surface area contributed by atoms with Crippen molar-refractivity contribution in [2.24, 2.45) is 0 Å². The van der Waals surface area contributed by atoms with E-state index in [4.69, 9.17) is 4.55 Å². The molecule has 1 heterocycles. The molecule has 0 aliphatic carbocycles. The standard InChI is InChI=1S/C6H10N2.C2H6O4S/c1-3-8-4-6(2)7-5-8;1-2-6-7(3,4)5/h4-5H,3H2,1-2H3;2H2,1H3,(H,3,4,5). The summed E-state index contributed by atoms with van der Waals surface area (Å²) < 4.78 is 32.7. The zero-order valence-corrected chi connectivity index (χ0v) is 9.86. The molecule has 0 spiro atoms. The zero-order chi connectivity index (χ0) is 11.9. The van der Waals surface area contributed by atoms with Crippen molar-refractivity contribution in [1.29, 1.82) is 0 Å². The van der Waals surface area contributed by atoms with Crippen LogP contribution in [-0.2, 0) is 21.1 Å². The second kappa shape index (κ2) is 6.54. The van der Waals surface area contributed by atoms with Gasteiger partial charge >= 0.3 is 10.4 Å². The second-order valence-corrected chi connectivity index (χ2v) is 3.77. The van der Waals surface area contributed by atoms with E-state index in [2.05, 4.69) is 20.7 Å². The number of imidazole rings is 1. The number of hydrogen-bond acceptors (Lipinski definition) is 4. The van der Waals surface area contributed by atoms with Gasteiger partial charge in [-0.15, -0.1) is 0 Å². The number of rotatable bonds is 3. The largest absolute Gasteiger partial charge is 0.397 e. The first-order chi connectivity index (χ1) is 6.89. The van der Waals surface area contributed by atoms with E-state index in [1.54, 1.807) is 0 Å². The van der Waals surface area contributed by atoms with Crippen LogP contribution in [0, 0.1) is 6.92 Å². The quantitative estimate of drug-likeness (QED) is 0.793. The van der Waals surface area contributed by atoms with Crippen molar-refractivity contribution in [2.45, 2.75) is 27.3 Å². The minimum atomic E-state index is -4.17. The minimum Gasteiger partial charge on any atom is -0.337 e. The smallest absolute Gasteiger partial charge is 0.337 e. The van der Waals surface area contributed by atoms with Crippen molar-refractivity contribution in [2.75, 3.05) is 6.61 Å². The molecule has 7 heteroatoms. The van der Waals surface area contributed by atoms with Gasteiger partial charge in [0.15, 0.2) is 0 Å². The van der Waals surface area contributed by atoms with Crippen molar-refractivity contribution >= 4 is 10.4 Å². The summed E-state index contributed by atoms with van der Waals surface area (Å²) in [6.07, 6.45) is 3.87. The molecule has 0 atom stereocenters. The first-order valence-electron chi connectivity index (χ1n) is 4.49. The molecule has 0 bridgehead atoms. The Balaban J connectivity index is 0.000000265. The lowest BCUT2D eigenvalue weighted by molar-refractivity contribution is 0.283. The third-order valence-corrected chi connectivity index (χ3v) is 1.93. The van der Waals surface area contributed by atoms with Crippen LogP contribution in [0.5, 0.6) is 0 Å². The highest BCUT2D eigenvalue weighted by atomic mass is 32.3. The first kappa shape index (κ1) is 14.1. The normalized spacial score (nSPS) is 10.7. The summed E-state index contributed by atoms with van der Waals surface area (Å²) in [6.45, 7) is 6.54. The van der Waals surface area contributed by atoms with Gasteiger partial charge < -0.3 is 4.57 Å². The topological polar surface area (TPSA) is 81.4 Å². The lowest BCUT2D eigenvalue weighted by Gasteiger charge is -1.88. The van der Waals surface area contributed by atoms with Crippen LogP contribution < -0.4 is 0 Å². The average molecular weight is 236 g/mol. The van der Waals surface area contributed by atoms with Crippen LogP contribution in [0.3, 0.4) is 0 Å². The lowest BCUT2D eigenvalue weighted by atomic mass is 10.6. The maximum Gasteiger partial charge on any atom is 0.397 e. The molecule has 0 aliphatic rings. The number of nitrogens with zero attached hydrogens (tertiary/aromatic N) is 2. The van der Waals surface area contributed by atoms with Crippen molar-refractivity contribution in [1.82, 2.24) is 9.55 Å². The van der Waals surface area contributed by atoms with Gasteiger partial charge in [-0.05, 0) is 20.8 Å². The highest BCUT2D eigenvalue weighted by molar-refractivity contribution is 7.80. The van der Waals surface area contributed by atoms with E-state index < -0.39 is 10.4 Å². The Labute approximate surface area is 89.9 Å². The molecule has 1 N–H and O–H groups in total. The summed E-state index contributed by atoms with van der Waals surface area (Å²) in [6, 6.07) is 0. The van der Waals surface area contributed by atoms with Gasteiger partial charge in [-0.3, -0.25) is 4.55 Å². The Morgan fingerprint density at radius 1 is 1.53 bits per heavy atom. The molecule has 1 aromatic rings. The Morgan fingerprint density at radius 2 is 2.13 bits per heavy atom. The van der Waals surface area contributed by atoms with Crippen LogP contribution in [0.4, 0.5) is 0 Å². The summed E-state index contributed by atoms with van der Waals surface area (Å²) >= 11 is 0. The van der Waals surface area contributed by atoms with Crippen molar-refractivity contribution in [3.8, 4) is 0 Å². The van der Waals surface area contributed by atoms with Crippen LogP contribution in [0.25, 0.3) is 0 Å².